The fraction of sp³-hybridized carbons (Fsp3) is 0.538. The molecule has 0 N–H and O–H groups in total. The fourth-order valence-corrected chi connectivity index (χ4v) is 2.52. The van der Waals surface area contributed by atoms with E-state index in [0.717, 1.165) is 22.8 Å². The minimum atomic E-state index is 0.149. The molecular weight excluding hydrogens is 214 g/mol. The molecule has 0 aliphatic heterocycles. The standard InChI is InChI=1S/C13H17N3O/c1-15(2)7-9-6-10-11(12(9)17)16(3)13(14-10)8-4-5-8/h7-8H,4-6H2,1-3H3/b9-7+. The van der Waals surface area contributed by atoms with Gasteiger partial charge in [0, 0.05) is 45.3 Å². The number of hydrogen-bond donors (Lipinski definition) is 0. The molecule has 0 saturated heterocycles. The predicted molar refractivity (Wildman–Crippen MR) is 65.0 cm³/mol. The normalized spacial score (nSPS) is 21.1. The van der Waals surface area contributed by atoms with Crippen molar-refractivity contribution in [2.75, 3.05) is 14.1 Å². The van der Waals surface area contributed by atoms with Crippen LogP contribution in [0, 0.1) is 0 Å². The molecule has 1 aromatic heterocycles. The summed E-state index contributed by atoms with van der Waals surface area (Å²) in [5.41, 5.74) is 2.62. The van der Waals surface area contributed by atoms with Gasteiger partial charge in [0.05, 0.1) is 5.69 Å². The van der Waals surface area contributed by atoms with Crippen LogP contribution in [-0.4, -0.2) is 34.3 Å². The molecule has 0 bridgehead atoms. The van der Waals surface area contributed by atoms with Crippen LogP contribution in [0.5, 0.6) is 0 Å². The van der Waals surface area contributed by atoms with Crippen LogP contribution >= 0.6 is 0 Å². The summed E-state index contributed by atoms with van der Waals surface area (Å²) in [7, 11) is 5.84. The molecule has 3 rings (SSSR count). The molecule has 2 aliphatic rings. The zero-order chi connectivity index (χ0) is 12.2. The maximum absolute atomic E-state index is 12.3. The first-order chi connectivity index (χ1) is 8.08. The van der Waals surface area contributed by atoms with E-state index in [1.54, 1.807) is 0 Å². The van der Waals surface area contributed by atoms with Crippen LogP contribution in [0.2, 0.25) is 0 Å². The van der Waals surface area contributed by atoms with Crippen LogP contribution in [0.3, 0.4) is 0 Å². The second kappa shape index (κ2) is 3.45. The number of aromatic nitrogens is 2. The van der Waals surface area contributed by atoms with Crippen molar-refractivity contribution in [2.45, 2.75) is 25.2 Å². The molecule has 90 valence electrons. The van der Waals surface area contributed by atoms with Gasteiger partial charge >= 0.3 is 0 Å². The molecule has 0 unspecified atom stereocenters. The van der Waals surface area contributed by atoms with Crippen molar-refractivity contribution in [2.24, 2.45) is 7.05 Å². The molecule has 0 spiro atoms. The van der Waals surface area contributed by atoms with Gasteiger partial charge in [-0.25, -0.2) is 4.98 Å². The minimum absolute atomic E-state index is 0.149. The van der Waals surface area contributed by atoms with Gasteiger partial charge in [0.25, 0.3) is 0 Å². The average molecular weight is 231 g/mol. The first-order valence-electron chi connectivity index (χ1n) is 6.05. The number of rotatable bonds is 2. The van der Waals surface area contributed by atoms with Crippen molar-refractivity contribution in [3.05, 3.63) is 29.0 Å². The zero-order valence-electron chi connectivity index (χ0n) is 10.5. The number of fused-ring (bicyclic) bond motifs is 1. The second-order valence-electron chi connectivity index (χ2n) is 5.22. The van der Waals surface area contributed by atoms with Gasteiger partial charge in [-0.1, -0.05) is 0 Å². The lowest BCUT2D eigenvalue weighted by atomic mass is 10.2. The summed E-state index contributed by atoms with van der Waals surface area (Å²) in [6.07, 6.45) is 5.03. The number of hydrogen-bond acceptors (Lipinski definition) is 3. The molecule has 0 atom stereocenters. The molecule has 1 aromatic rings. The Balaban J connectivity index is 2.00. The van der Waals surface area contributed by atoms with Gasteiger partial charge in [0.2, 0.25) is 5.78 Å². The van der Waals surface area contributed by atoms with Gasteiger partial charge in [0.1, 0.15) is 11.5 Å². The molecule has 0 aromatic carbocycles. The first kappa shape index (κ1) is 10.6. The lowest BCUT2D eigenvalue weighted by Crippen LogP contribution is -2.10. The fourth-order valence-electron chi connectivity index (χ4n) is 2.52. The van der Waals surface area contributed by atoms with Crippen molar-refractivity contribution in [3.8, 4) is 0 Å². The quantitative estimate of drug-likeness (QED) is 0.724. The Bertz CT molecular complexity index is 521. The Morgan fingerprint density at radius 1 is 1.41 bits per heavy atom. The second-order valence-corrected chi connectivity index (χ2v) is 5.22. The summed E-state index contributed by atoms with van der Waals surface area (Å²) in [5, 5.41) is 0. The number of carbonyl (C=O) groups excluding carboxylic acids is 1. The number of carbonyl (C=O) groups is 1. The van der Waals surface area contributed by atoms with Gasteiger partial charge in [0.15, 0.2) is 0 Å². The molecule has 0 amide bonds. The molecule has 4 nitrogen and oxygen atoms in total. The summed E-state index contributed by atoms with van der Waals surface area (Å²) < 4.78 is 2.01. The average Bonchev–Trinajstić information content (AvgIpc) is 2.97. The molecular formula is C13H17N3O. The highest BCUT2D eigenvalue weighted by Gasteiger charge is 2.36. The SMILES string of the molecule is CN(C)/C=C1\Cc2nc(C3CC3)n(C)c2C1=O. The van der Waals surface area contributed by atoms with Crippen molar-refractivity contribution < 1.29 is 4.79 Å². The monoisotopic (exact) mass is 231 g/mol. The van der Waals surface area contributed by atoms with E-state index in [1.165, 1.54) is 12.8 Å². The topological polar surface area (TPSA) is 38.1 Å². The van der Waals surface area contributed by atoms with E-state index in [2.05, 4.69) is 4.98 Å². The highest BCUT2D eigenvalue weighted by atomic mass is 16.1. The molecule has 1 heterocycles. The van der Waals surface area contributed by atoms with Crippen LogP contribution in [0.15, 0.2) is 11.8 Å². The highest BCUT2D eigenvalue weighted by Crippen LogP contribution is 2.41. The largest absolute Gasteiger partial charge is 0.383 e. The van der Waals surface area contributed by atoms with Crippen LogP contribution in [0.25, 0.3) is 0 Å². The number of Topliss-reactive ketones (excluding diaryl/α,β-unsaturated/α-hetero) is 1. The predicted octanol–water partition coefficient (Wildman–Crippen LogP) is 1.48. The van der Waals surface area contributed by atoms with Crippen molar-refractivity contribution in [3.63, 3.8) is 0 Å². The summed E-state index contributed by atoms with van der Waals surface area (Å²) >= 11 is 0. The molecule has 4 heteroatoms. The van der Waals surface area contributed by atoms with E-state index in [0.29, 0.717) is 12.3 Å². The molecule has 1 fully saturated rings. The molecule has 2 aliphatic carbocycles. The minimum Gasteiger partial charge on any atom is -0.383 e. The smallest absolute Gasteiger partial charge is 0.209 e. The van der Waals surface area contributed by atoms with Gasteiger partial charge < -0.3 is 9.47 Å². The van der Waals surface area contributed by atoms with E-state index >= 15 is 0 Å². The first-order valence-corrected chi connectivity index (χ1v) is 6.05. The highest BCUT2D eigenvalue weighted by molar-refractivity contribution is 6.11. The maximum Gasteiger partial charge on any atom is 0.209 e. The van der Waals surface area contributed by atoms with Crippen molar-refractivity contribution in [1.29, 1.82) is 0 Å². The van der Waals surface area contributed by atoms with Crippen LogP contribution in [0.1, 0.15) is 40.8 Å². The summed E-state index contributed by atoms with van der Waals surface area (Å²) in [6, 6.07) is 0. The van der Waals surface area contributed by atoms with Gasteiger partial charge in [-0.2, -0.15) is 0 Å². The van der Waals surface area contributed by atoms with Gasteiger partial charge in [-0.05, 0) is 12.8 Å². The van der Waals surface area contributed by atoms with E-state index in [4.69, 9.17) is 0 Å². The maximum atomic E-state index is 12.3. The van der Waals surface area contributed by atoms with Crippen LogP contribution in [-0.2, 0) is 13.5 Å². The summed E-state index contributed by atoms with van der Waals surface area (Å²) in [6.45, 7) is 0. The van der Waals surface area contributed by atoms with Crippen molar-refractivity contribution in [1.82, 2.24) is 14.5 Å². The van der Waals surface area contributed by atoms with E-state index < -0.39 is 0 Å². The molecule has 0 radical (unpaired) electrons. The van der Waals surface area contributed by atoms with Crippen LogP contribution in [0.4, 0.5) is 0 Å². The number of imidazole rings is 1. The summed E-state index contributed by atoms with van der Waals surface area (Å²) in [5.74, 6) is 1.85. The third kappa shape index (κ3) is 1.59. The summed E-state index contributed by atoms with van der Waals surface area (Å²) in [4.78, 5) is 18.8. The Morgan fingerprint density at radius 3 is 2.65 bits per heavy atom. The van der Waals surface area contributed by atoms with E-state index in [1.807, 2.05) is 36.8 Å². The van der Waals surface area contributed by atoms with Crippen LogP contribution < -0.4 is 0 Å². The van der Waals surface area contributed by atoms with Gasteiger partial charge in [-0.15, -0.1) is 0 Å². The lowest BCUT2D eigenvalue weighted by molar-refractivity contribution is 0.103. The zero-order valence-corrected chi connectivity index (χ0v) is 10.5. The third-order valence-corrected chi connectivity index (χ3v) is 3.42. The number of nitrogens with zero attached hydrogens (tertiary/aromatic N) is 3. The Kier molecular flexibility index (Phi) is 2.15. The van der Waals surface area contributed by atoms with E-state index in [-0.39, 0.29) is 5.78 Å². The lowest BCUT2D eigenvalue weighted by Gasteiger charge is -2.07. The number of ketones is 1. The van der Waals surface area contributed by atoms with Crippen molar-refractivity contribution >= 4 is 5.78 Å². The van der Waals surface area contributed by atoms with E-state index in [9.17, 15) is 4.79 Å². The molecule has 1 saturated carbocycles. The van der Waals surface area contributed by atoms with Gasteiger partial charge in [-0.3, -0.25) is 4.79 Å². The Labute approximate surface area is 101 Å². The third-order valence-electron chi connectivity index (χ3n) is 3.42. The number of allylic oxidation sites excluding steroid dienone is 1. The Hall–Kier alpha value is -1.58. The Morgan fingerprint density at radius 2 is 2.12 bits per heavy atom. The molecule has 17 heavy (non-hydrogen) atoms.